The number of imide groups is 1. The summed E-state index contributed by atoms with van der Waals surface area (Å²) in [5.74, 6) is -0.776. The highest BCUT2D eigenvalue weighted by molar-refractivity contribution is 9.10. The minimum absolute atomic E-state index is 0.105. The number of benzene rings is 2. The van der Waals surface area contributed by atoms with Crippen molar-refractivity contribution in [3.63, 3.8) is 0 Å². The van der Waals surface area contributed by atoms with Crippen LogP contribution in [0.3, 0.4) is 0 Å². The molecular formula is C15H9BrN2O3. The molecule has 0 saturated carbocycles. The molecule has 0 atom stereocenters. The van der Waals surface area contributed by atoms with Crippen LogP contribution in [0.25, 0.3) is 0 Å². The number of rotatable bonds is 2. The van der Waals surface area contributed by atoms with Gasteiger partial charge in [0.25, 0.3) is 11.8 Å². The third-order valence-electron chi connectivity index (χ3n) is 3.07. The Morgan fingerprint density at radius 2 is 1.67 bits per heavy atom. The first-order valence-corrected chi connectivity index (χ1v) is 6.87. The second-order valence-corrected chi connectivity index (χ2v) is 5.28. The van der Waals surface area contributed by atoms with Gasteiger partial charge in [-0.3, -0.25) is 9.59 Å². The lowest BCUT2D eigenvalue weighted by Crippen LogP contribution is -2.23. The first kappa shape index (κ1) is 13.5. The summed E-state index contributed by atoms with van der Waals surface area (Å²) in [4.78, 5) is 24.2. The fourth-order valence-corrected chi connectivity index (χ4v) is 2.41. The van der Waals surface area contributed by atoms with E-state index in [1.54, 1.807) is 36.4 Å². The maximum atomic E-state index is 12.1. The van der Waals surface area contributed by atoms with E-state index in [1.165, 1.54) is 12.3 Å². The summed E-state index contributed by atoms with van der Waals surface area (Å²) in [6.07, 6.45) is 1.39. The second-order valence-electron chi connectivity index (χ2n) is 4.42. The molecule has 5 nitrogen and oxygen atoms in total. The molecule has 0 unspecified atom stereocenters. The van der Waals surface area contributed by atoms with Crippen molar-refractivity contribution >= 4 is 34.0 Å². The summed E-state index contributed by atoms with van der Waals surface area (Å²) < 4.78 is 0.508. The third-order valence-corrected chi connectivity index (χ3v) is 3.70. The highest BCUT2D eigenvalue weighted by Crippen LogP contribution is 2.25. The van der Waals surface area contributed by atoms with Crippen LogP contribution in [-0.2, 0) is 0 Å². The number of carbonyl (C=O) groups is 2. The summed E-state index contributed by atoms with van der Waals surface area (Å²) in [7, 11) is 0. The van der Waals surface area contributed by atoms with Gasteiger partial charge in [0.2, 0.25) is 0 Å². The third kappa shape index (κ3) is 2.34. The zero-order chi connectivity index (χ0) is 15.0. The van der Waals surface area contributed by atoms with Crippen LogP contribution < -0.4 is 0 Å². The van der Waals surface area contributed by atoms with Crippen molar-refractivity contribution in [2.75, 3.05) is 0 Å². The molecule has 0 bridgehead atoms. The number of carbonyl (C=O) groups excluding carboxylic acids is 2. The number of hydrogen-bond acceptors (Lipinski definition) is 4. The molecular weight excluding hydrogens is 336 g/mol. The lowest BCUT2D eigenvalue weighted by atomic mass is 10.1. The maximum absolute atomic E-state index is 12.1. The number of hydrogen-bond donors (Lipinski definition) is 1. The van der Waals surface area contributed by atoms with Crippen LogP contribution in [0, 0.1) is 0 Å². The van der Waals surface area contributed by atoms with Gasteiger partial charge in [0.15, 0.2) is 0 Å². The lowest BCUT2D eigenvalue weighted by Gasteiger charge is -2.05. The van der Waals surface area contributed by atoms with Crippen molar-refractivity contribution < 1.29 is 14.7 Å². The van der Waals surface area contributed by atoms with Crippen molar-refractivity contribution in [3.8, 4) is 5.75 Å². The lowest BCUT2D eigenvalue weighted by molar-refractivity contribution is 0.0660. The molecule has 6 heteroatoms. The SMILES string of the molecule is O=C1c2ccccc2C(=O)N1N=Cc1ccc(O)c(Br)c1. The summed E-state index contributed by atoms with van der Waals surface area (Å²) in [5, 5.41) is 14.2. The minimum atomic E-state index is -0.440. The Bertz CT molecular complexity index is 751. The molecule has 0 saturated heterocycles. The van der Waals surface area contributed by atoms with Crippen LogP contribution in [0.5, 0.6) is 5.75 Å². The average molecular weight is 345 g/mol. The van der Waals surface area contributed by atoms with Crippen molar-refractivity contribution in [1.29, 1.82) is 0 Å². The van der Waals surface area contributed by atoms with E-state index in [4.69, 9.17) is 0 Å². The van der Waals surface area contributed by atoms with Gasteiger partial charge in [0.1, 0.15) is 5.75 Å². The van der Waals surface area contributed by atoms with Gasteiger partial charge < -0.3 is 5.11 Å². The molecule has 2 amide bonds. The average Bonchev–Trinajstić information content (AvgIpc) is 2.73. The first-order chi connectivity index (χ1) is 10.1. The molecule has 104 valence electrons. The number of phenolic OH excluding ortho intramolecular Hbond substituents is 1. The van der Waals surface area contributed by atoms with Crippen LogP contribution in [0.15, 0.2) is 52.0 Å². The van der Waals surface area contributed by atoms with Crippen molar-refractivity contribution in [3.05, 3.63) is 63.6 Å². The predicted octanol–water partition coefficient (Wildman–Crippen LogP) is 2.78. The normalized spacial score (nSPS) is 14.0. The number of halogens is 1. The first-order valence-electron chi connectivity index (χ1n) is 6.08. The van der Waals surface area contributed by atoms with E-state index < -0.39 is 11.8 Å². The zero-order valence-electron chi connectivity index (χ0n) is 10.7. The number of fused-ring (bicyclic) bond motifs is 1. The molecule has 1 N–H and O–H groups in total. The molecule has 1 heterocycles. The molecule has 1 aliphatic rings. The quantitative estimate of drug-likeness (QED) is 0.672. The summed E-state index contributed by atoms with van der Waals surface area (Å²) >= 11 is 3.19. The molecule has 2 aromatic rings. The molecule has 0 aromatic heterocycles. The molecule has 1 aliphatic heterocycles. The van der Waals surface area contributed by atoms with Crippen molar-refractivity contribution in [2.45, 2.75) is 0 Å². The van der Waals surface area contributed by atoms with Crippen LogP contribution in [-0.4, -0.2) is 28.1 Å². The fourth-order valence-electron chi connectivity index (χ4n) is 2.01. The number of nitrogens with zero attached hydrogens (tertiary/aromatic N) is 2. The highest BCUT2D eigenvalue weighted by atomic mass is 79.9. The van der Waals surface area contributed by atoms with Gasteiger partial charge in [-0.25, -0.2) is 0 Å². The fraction of sp³-hybridized carbons (Fsp3) is 0. The van der Waals surface area contributed by atoms with E-state index in [-0.39, 0.29) is 5.75 Å². The van der Waals surface area contributed by atoms with Gasteiger partial charge in [-0.2, -0.15) is 10.1 Å². The topological polar surface area (TPSA) is 70.0 Å². The van der Waals surface area contributed by atoms with Crippen LogP contribution in [0.4, 0.5) is 0 Å². The van der Waals surface area contributed by atoms with Crippen LogP contribution >= 0.6 is 15.9 Å². The standard InChI is InChI=1S/C15H9BrN2O3/c16-12-7-9(5-6-13(12)19)8-17-18-14(20)10-3-1-2-4-11(10)15(18)21/h1-8,19H. The monoisotopic (exact) mass is 344 g/mol. The number of phenols is 1. The van der Waals surface area contributed by atoms with Gasteiger partial charge in [-0.1, -0.05) is 12.1 Å². The summed E-state index contributed by atoms with van der Waals surface area (Å²) in [6, 6.07) is 11.4. The van der Waals surface area contributed by atoms with Gasteiger partial charge in [-0.05, 0) is 51.8 Å². The van der Waals surface area contributed by atoms with E-state index >= 15 is 0 Å². The number of amides is 2. The zero-order valence-corrected chi connectivity index (χ0v) is 12.2. The van der Waals surface area contributed by atoms with E-state index in [9.17, 15) is 14.7 Å². The van der Waals surface area contributed by atoms with E-state index in [1.807, 2.05) is 0 Å². The molecule has 0 radical (unpaired) electrons. The molecule has 2 aromatic carbocycles. The van der Waals surface area contributed by atoms with Gasteiger partial charge in [0, 0.05) is 0 Å². The van der Waals surface area contributed by atoms with Crippen LogP contribution in [0.2, 0.25) is 0 Å². The summed E-state index contributed by atoms with van der Waals surface area (Å²) in [5.41, 5.74) is 1.36. The van der Waals surface area contributed by atoms with E-state index in [0.29, 0.717) is 21.2 Å². The van der Waals surface area contributed by atoms with Gasteiger partial charge in [-0.15, -0.1) is 0 Å². The Morgan fingerprint density at radius 1 is 1.05 bits per heavy atom. The Labute approximate surface area is 128 Å². The van der Waals surface area contributed by atoms with Crippen LogP contribution in [0.1, 0.15) is 26.3 Å². The number of aromatic hydroxyl groups is 1. The second kappa shape index (κ2) is 5.14. The minimum Gasteiger partial charge on any atom is -0.507 e. The van der Waals surface area contributed by atoms with Gasteiger partial charge in [0.05, 0.1) is 21.8 Å². The van der Waals surface area contributed by atoms with Crippen molar-refractivity contribution in [2.24, 2.45) is 5.10 Å². The largest absolute Gasteiger partial charge is 0.507 e. The Hall–Kier alpha value is -2.47. The Kier molecular flexibility index (Phi) is 3.31. The smallest absolute Gasteiger partial charge is 0.282 e. The molecule has 0 spiro atoms. The molecule has 0 fully saturated rings. The molecule has 3 rings (SSSR count). The Morgan fingerprint density at radius 3 is 2.24 bits per heavy atom. The predicted molar refractivity (Wildman–Crippen MR) is 80.3 cm³/mol. The van der Waals surface area contributed by atoms with E-state index in [2.05, 4.69) is 21.0 Å². The molecule has 21 heavy (non-hydrogen) atoms. The van der Waals surface area contributed by atoms with E-state index in [0.717, 1.165) is 5.01 Å². The van der Waals surface area contributed by atoms with Crippen molar-refractivity contribution in [1.82, 2.24) is 5.01 Å². The van der Waals surface area contributed by atoms with Gasteiger partial charge >= 0.3 is 0 Å². The maximum Gasteiger partial charge on any atom is 0.282 e. The number of hydrazone groups is 1. The highest BCUT2D eigenvalue weighted by Gasteiger charge is 2.35. The Balaban J connectivity index is 1.89. The molecule has 0 aliphatic carbocycles. The summed E-state index contributed by atoms with van der Waals surface area (Å²) in [6.45, 7) is 0.